The summed E-state index contributed by atoms with van der Waals surface area (Å²) in [6.45, 7) is 4.76. The van der Waals surface area contributed by atoms with Crippen molar-refractivity contribution in [1.82, 2.24) is 9.78 Å². The Bertz CT molecular complexity index is 602. The Morgan fingerprint density at radius 1 is 1.30 bits per heavy atom. The number of Topliss-reactive ketones (excluding diaryl/α,β-unsaturated/α-hetero) is 1. The number of benzene rings is 1. The van der Waals surface area contributed by atoms with Crippen LogP contribution >= 0.6 is 0 Å². The lowest BCUT2D eigenvalue weighted by atomic mass is 10.1. The number of ether oxygens (including phenoxy) is 1. The van der Waals surface area contributed by atoms with Crippen molar-refractivity contribution in [2.75, 3.05) is 7.11 Å². The molecule has 0 amide bonds. The highest BCUT2D eigenvalue weighted by Crippen LogP contribution is 2.14. The van der Waals surface area contributed by atoms with Crippen LogP contribution in [-0.2, 0) is 24.2 Å². The Morgan fingerprint density at radius 2 is 2.10 bits per heavy atom. The highest BCUT2D eigenvalue weighted by Gasteiger charge is 2.10. The number of hydrogen-bond acceptors (Lipinski definition) is 3. The number of ketones is 1. The van der Waals surface area contributed by atoms with E-state index in [2.05, 4.69) is 5.10 Å². The van der Waals surface area contributed by atoms with Crippen LogP contribution in [0, 0.1) is 6.92 Å². The van der Waals surface area contributed by atoms with Crippen LogP contribution in [0.4, 0.5) is 0 Å². The van der Waals surface area contributed by atoms with E-state index in [0.717, 1.165) is 29.2 Å². The second kappa shape index (κ2) is 6.37. The Labute approximate surface area is 119 Å². The third-order valence-electron chi connectivity index (χ3n) is 3.20. The van der Waals surface area contributed by atoms with Crippen molar-refractivity contribution in [3.05, 3.63) is 47.3 Å². The highest BCUT2D eigenvalue weighted by atomic mass is 16.5. The first-order valence-corrected chi connectivity index (χ1v) is 6.80. The summed E-state index contributed by atoms with van der Waals surface area (Å²) in [5, 5.41) is 4.36. The monoisotopic (exact) mass is 272 g/mol. The van der Waals surface area contributed by atoms with Crippen molar-refractivity contribution in [2.24, 2.45) is 0 Å². The largest absolute Gasteiger partial charge is 0.497 e. The summed E-state index contributed by atoms with van der Waals surface area (Å²) >= 11 is 0. The predicted molar refractivity (Wildman–Crippen MR) is 78.0 cm³/mol. The van der Waals surface area contributed by atoms with Gasteiger partial charge >= 0.3 is 0 Å². The summed E-state index contributed by atoms with van der Waals surface area (Å²) in [5.74, 6) is 0.970. The lowest BCUT2D eigenvalue weighted by Crippen LogP contribution is -2.11. The number of aromatic nitrogens is 2. The van der Waals surface area contributed by atoms with Gasteiger partial charge in [-0.05, 0) is 37.6 Å². The second-order valence-corrected chi connectivity index (χ2v) is 4.84. The van der Waals surface area contributed by atoms with Gasteiger partial charge in [-0.15, -0.1) is 0 Å². The molecule has 2 rings (SSSR count). The Hall–Kier alpha value is -2.10. The molecule has 0 atom stereocenters. The maximum Gasteiger partial charge on any atom is 0.143 e. The summed E-state index contributed by atoms with van der Waals surface area (Å²) < 4.78 is 7.06. The first-order valence-electron chi connectivity index (χ1n) is 6.80. The maximum atomic E-state index is 12.2. The molecule has 4 nitrogen and oxygen atoms in total. The molecule has 0 aliphatic heterocycles. The summed E-state index contributed by atoms with van der Waals surface area (Å²) in [4.78, 5) is 12.2. The topological polar surface area (TPSA) is 44.1 Å². The first kappa shape index (κ1) is 14.3. The van der Waals surface area contributed by atoms with Crippen LogP contribution < -0.4 is 4.74 Å². The lowest BCUT2D eigenvalue weighted by molar-refractivity contribution is -0.117. The van der Waals surface area contributed by atoms with E-state index in [1.54, 1.807) is 7.11 Å². The Kier molecular flexibility index (Phi) is 4.56. The zero-order valence-corrected chi connectivity index (χ0v) is 12.2. The van der Waals surface area contributed by atoms with Crippen molar-refractivity contribution < 1.29 is 9.53 Å². The van der Waals surface area contributed by atoms with Crippen LogP contribution in [0.5, 0.6) is 5.75 Å². The van der Waals surface area contributed by atoms with Gasteiger partial charge in [0.25, 0.3) is 0 Å². The molecule has 0 unspecified atom stereocenters. The fourth-order valence-corrected chi connectivity index (χ4v) is 2.29. The minimum absolute atomic E-state index is 0.188. The van der Waals surface area contributed by atoms with Crippen LogP contribution in [0.3, 0.4) is 0 Å². The van der Waals surface area contributed by atoms with Crippen LogP contribution in [0.1, 0.15) is 23.9 Å². The van der Waals surface area contributed by atoms with Gasteiger partial charge in [0.05, 0.1) is 12.8 Å². The smallest absolute Gasteiger partial charge is 0.143 e. The molecule has 0 N–H and O–H groups in total. The lowest BCUT2D eigenvalue weighted by Gasteiger charge is -2.05. The number of carbonyl (C=O) groups is 1. The molecule has 1 aromatic heterocycles. The fraction of sp³-hybridized carbons (Fsp3) is 0.375. The van der Waals surface area contributed by atoms with Crippen molar-refractivity contribution in [1.29, 1.82) is 0 Å². The molecule has 106 valence electrons. The molecule has 2 aromatic rings. The van der Waals surface area contributed by atoms with Crippen LogP contribution in [0.25, 0.3) is 0 Å². The fourth-order valence-electron chi connectivity index (χ4n) is 2.29. The van der Waals surface area contributed by atoms with Gasteiger partial charge in [-0.2, -0.15) is 5.10 Å². The van der Waals surface area contributed by atoms with E-state index in [1.165, 1.54) is 0 Å². The van der Waals surface area contributed by atoms with Gasteiger partial charge in [-0.25, -0.2) is 0 Å². The molecule has 0 fully saturated rings. The third-order valence-corrected chi connectivity index (χ3v) is 3.20. The van der Waals surface area contributed by atoms with Crippen LogP contribution in [0.15, 0.2) is 30.3 Å². The standard InChI is InChI=1S/C16H20N2O2/c1-4-18-14(8-12(2)17-18)11-15(19)9-13-6-5-7-16(10-13)20-3/h5-8,10H,4,9,11H2,1-3H3. The van der Waals surface area contributed by atoms with Gasteiger partial charge in [0.1, 0.15) is 11.5 Å². The molecule has 0 saturated carbocycles. The van der Waals surface area contributed by atoms with Crippen molar-refractivity contribution >= 4 is 5.78 Å². The van der Waals surface area contributed by atoms with E-state index in [0.29, 0.717) is 12.8 Å². The summed E-state index contributed by atoms with van der Waals surface area (Å²) in [6, 6.07) is 9.61. The van der Waals surface area contributed by atoms with E-state index in [9.17, 15) is 4.79 Å². The zero-order valence-electron chi connectivity index (χ0n) is 12.2. The molecular formula is C16H20N2O2. The quantitative estimate of drug-likeness (QED) is 0.812. The molecule has 0 radical (unpaired) electrons. The van der Waals surface area contributed by atoms with Gasteiger partial charge in [-0.1, -0.05) is 12.1 Å². The average Bonchev–Trinajstić information content (AvgIpc) is 2.78. The molecular weight excluding hydrogens is 252 g/mol. The normalized spacial score (nSPS) is 10.6. The SMILES string of the molecule is CCn1nc(C)cc1CC(=O)Cc1cccc(OC)c1. The molecule has 1 aromatic carbocycles. The Morgan fingerprint density at radius 3 is 2.80 bits per heavy atom. The summed E-state index contributed by atoms with van der Waals surface area (Å²) in [5.41, 5.74) is 2.92. The van der Waals surface area contributed by atoms with E-state index >= 15 is 0 Å². The first-order chi connectivity index (χ1) is 9.62. The summed E-state index contributed by atoms with van der Waals surface area (Å²) in [7, 11) is 1.63. The number of nitrogens with zero attached hydrogens (tertiary/aromatic N) is 2. The molecule has 1 heterocycles. The second-order valence-electron chi connectivity index (χ2n) is 4.84. The minimum atomic E-state index is 0.188. The highest BCUT2D eigenvalue weighted by molar-refractivity contribution is 5.82. The molecule has 0 spiro atoms. The number of methoxy groups -OCH3 is 1. The average molecular weight is 272 g/mol. The molecule has 0 bridgehead atoms. The van der Waals surface area contributed by atoms with Gasteiger partial charge in [-0.3, -0.25) is 9.48 Å². The van der Waals surface area contributed by atoms with Gasteiger partial charge in [0.15, 0.2) is 0 Å². The van der Waals surface area contributed by atoms with Crippen LogP contribution in [-0.4, -0.2) is 22.7 Å². The zero-order chi connectivity index (χ0) is 14.5. The molecule has 0 aliphatic carbocycles. The minimum Gasteiger partial charge on any atom is -0.497 e. The maximum absolute atomic E-state index is 12.2. The van der Waals surface area contributed by atoms with E-state index in [4.69, 9.17) is 4.74 Å². The number of rotatable bonds is 6. The Balaban J connectivity index is 2.04. The van der Waals surface area contributed by atoms with Gasteiger partial charge < -0.3 is 4.74 Å². The van der Waals surface area contributed by atoms with Crippen molar-refractivity contribution in [3.8, 4) is 5.75 Å². The number of hydrogen-bond donors (Lipinski definition) is 0. The molecule has 20 heavy (non-hydrogen) atoms. The third kappa shape index (κ3) is 3.47. The van der Waals surface area contributed by atoms with Gasteiger partial charge in [0.2, 0.25) is 0 Å². The van der Waals surface area contributed by atoms with Crippen molar-refractivity contribution in [3.63, 3.8) is 0 Å². The predicted octanol–water partition coefficient (Wildman–Crippen LogP) is 2.57. The molecule has 0 aliphatic rings. The van der Waals surface area contributed by atoms with Crippen LogP contribution in [0.2, 0.25) is 0 Å². The van der Waals surface area contributed by atoms with Crippen molar-refractivity contribution in [2.45, 2.75) is 33.2 Å². The number of carbonyl (C=O) groups excluding carboxylic acids is 1. The van der Waals surface area contributed by atoms with Gasteiger partial charge in [0, 0.05) is 25.1 Å². The summed E-state index contributed by atoms with van der Waals surface area (Å²) in [6.07, 6.45) is 0.844. The molecule has 0 saturated heterocycles. The van der Waals surface area contributed by atoms with E-state index in [1.807, 2.05) is 48.9 Å². The van der Waals surface area contributed by atoms with E-state index < -0.39 is 0 Å². The number of aryl methyl sites for hydroxylation is 2. The van der Waals surface area contributed by atoms with E-state index in [-0.39, 0.29) is 5.78 Å². The molecule has 4 heteroatoms.